The average Bonchev–Trinajstić information content (AvgIpc) is 2.80. The van der Waals surface area contributed by atoms with Crippen molar-refractivity contribution in [3.63, 3.8) is 0 Å². The minimum absolute atomic E-state index is 0.101. The maximum Gasteiger partial charge on any atom is 0.243 e. The molecule has 0 heterocycles. The topological polar surface area (TPSA) is 49.4 Å². The van der Waals surface area contributed by atoms with Gasteiger partial charge in [-0.05, 0) is 49.2 Å². The molecule has 0 bridgehead atoms. The van der Waals surface area contributed by atoms with Gasteiger partial charge in [-0.2, -0.15) is 0 Å². The smallest absolute Gasteiger partial charge is 0.243 e. The lowest BCUT2D eigenvalue weighted by atomic mass is 10.0. The Kier molecular flexibility index (Phi) is 9.25. The van der Waals surface area contributed by atoms with Gasteiger partial charge in [0.1, 0.15) is 11.9 Å². The number of nitrogens with one attached hydrogen (secondary N) is 1. The zero-order valence-electron chi connectivity index (χ0n) is 19.1. The summed E-state index contributed by atoms with van der Waals surface area (Å²) in [5, 5.41) is 3.12. The van der Waals surface area contributed by atoms with Crippen LogP contribution in [-0.4, -0.2) is 28.8 Å². The SMILES string of the molecule is CC(C)NC(=O)C(Cc1ccccc1)N(Cc1ccc(Br)cc1)C(=O)Cc1c(F)cccc1Cl. The van der Waals surface area contributed by atoms with E-state index in [1.54, 1.807) is 6.07 Å². The third-order valence-electron chi connectivity index (χ3n) is 5.36. The molecule has 1 unspecified atom stereocenters. The number of halogens is 3. The molecule has 7 heteroatoms. The van der Waals surface area contributed by atoms with Crippen LogP contribution in [0.5, 0.6) is 0 Å². The lowest BCUT2D eigenvalue weighted by molar-refractivity contribution is -0.141. The first kappa shape index (κ1) is 25.9. The zero-order chi connectivity index (χ0) is 24.7. The summed E-state index contributed by atoms with van der Waals surface area (Å²) in [6, 6.07) is 20.5. The van der Waals surface area contributed by atoms with E-state index in [2.05, 4.69) is 21.2 Å². The van der Waals surface area contributed by atoms with Crippen molar-refractivity contribution in [1.82, 2.24) is 10.2 Å². The normalized spacial score (nSPS) is 11.8. The van der Waals surface area contributed by atoms with Crippen molar-refractivity contribution in [3.05, 3.63) is 105 Å². The molecule has 0 saturated carbocycles. The summed E-state index contributed by atoms with van der Waals surface area (Å²) in [4.78, 5) is 28.5. The molecule has 0 aliphatic heterocycles. The van der Waals surface area contributed by atoms with Gasteiger partial charge in [0.05, 0.1) is 6.42 Å². The van der Waals surface area contributed by atoms with Crippen molar-refractivity contribution >= 4 is 39.3 Å². The number of benzene rings is 3. The quantitative estimate of drug-likeness (QED) is 0.361. The van der Waals surface area contributed by atoms with E-state index in [0.717, 1.165) is 15.6 Å². The van der Waals surface area contributed by atoms with Gasteiger partial charge in [-0.25, -0.2) is 4.39 Å². The molecule has 1 atom stereocenters. The Labute approximate surface area is 213 Å². The van der Waals surface area contributed by atoms with E-state index in [-0.39, 0.29) is 41.4 Å². The predicted molar refractivity (Wildman–Crippen MR) is 137 cm³/mol. The van der Waals surface area contributed by atoms with Crippen LogP contribution in [0.4, 0.5) is 4.39 Å². The first-order chi connectivity index (χ1) is 16.2. The highest BCUT2D eigenvalue weighted by Crippen LogP contribution is 2.23. The van der Waals surface area contributed by atoms with E-state index in [9.17, 15) is 14.0 Å². The molecule has 0 radical (unpaired) electrons. The van der Waals surface area contributed by atoms with Crippen molar-refractivity contribution < 1.29 is 14.0 Å². The third kappa shape index (κ3) is 7.15. The van der Waals surface area contributed by atoms with Gasteiger partial charge in [-0.1, -0.05) is 76.1 Å². The molecule has 0 aliphatic rings. The van der Waals surface area contributed by atoms with Gasteiger partial charge < -0.3 is 10.2 Å². The van der Waals surface area contributed by atoms with Gasteiger partial charge in [0, 0.05) is 34.1 Å². The monoisotopic (exact) mass is 544 g/mol. The number of rotatable bonds is 9. The molecule has 0 fully saturated rings. The Hall–Kier alpha value is -2.70. The van der Waals surface area contributed by atoms with Gasteiger partial charge in [0.2, 0.25) is 11.8 Å². The van der Waals surface area contributed by atoms with E-state index >= 15 is 0 Å². The molecule has 0 saturated heterocycles. The fourth-order valence-corrected chi connectivity index (χ4v) is 4.17. The molecule has 0 aliphatic carbocycles. The second kappa shape index (κ2) is 12.1. The van der Waals surface area contributed by atoms with Crippen LogP contribution in [0.25, 0.3) is 0 Å². The highest BCUT2D eigenvalue weighted by Gasteiger charge is 2.31. The summed E-state index contributed by atoms with van der Waals surface area (Å²) in [5.74, 6) is -1.19. The van der Waals surface area contributed by atoms with E-state index in [1.165, 1.54) is 17.0 Å². The zero-order valence-corrected chi connectivity index (χ0v) is 21.4. The number of amides is 2. The number of carbonyl (C=O) groups is 2. The van der Waals surface area contributed by atoms with Crippen LogP contribution >= 0.6 is 27.5 Å². The number of nitrogens with zero attached hydrogens (tertiary/aromatic N) is 1. The van der Waals surface area contributed by atoms with E-state index in [0.29, 0.717) is 6.42 Å². The summed E-state index contributed by atoms with van der Waals surface area (Å²) >= 11 is 9.62. The summed E-state index contributed by atoms with van der Waals surface area (Å²) in [7, 11) is 0. The Morgan fingerprint density at radius 3 is 2.26 bits per heavy atom. The average molecular weight is 546 g/mol. The third-order valence-corrected chi connectivity index (χ3v) is 6.24. The summed E-state index contributed by atoms with van der Waals surface area (Å²) in [6.45, 7) is 3.94. The molecule has 0 aromatic heterocycles. The van der Waals surface area contributed by atoms with Crippen LogP contribution in [-0.2, 0) is 29.0 Å². The van der Waals surface area contributed by atoms with E-state index in [4.69, 9.17) is 11.6 Å². The molecule has 178 valence electrons. The van der Waals surface area contributed by atoms with Crippen LogP contribution in [0.3, 0.4) is 0 Å². The molecular weight excluding hydrogens is 519 g/mol. The maximum atomic E-state index is 14.5. The highest BCUT2D eigenvalue weighted by molar-refractivity contribution is 9.10. The highest BCUT2D eigenvalue weighted by atomic mass is 79.9. The van der Waals surface area contributed by atoms with Gasteiger partial charge in [0.15, 0.2) is 0 Å². The molecule has 0 spiro atoms. The van der Waals surface area contributed by atoms with Crippen molar-refractivity contribution in [2.45, 2.75) is 45.3 Å². The van der Waals surface area contributed by atoms with E-state index in [1.807, 2.05) is 68.4 Å². The molecule has 34 heavy (non-hydrogen) atoms. The number of hydrogen-bond donors (Lipinski definition) is 1. The molecule has 2 amide bonds. The van der Waals surface area contributed by atoms with Crippen LogP contribution in [0.1, 0.15) is 30.5 Å². The summed E-state index contributed by atoms with van der Waals surface area (Å²) in [5.41, 5.74) is 1.90. The minimum atomic E-state index is -0.786. The van der Waals surface area contributed by atoms with Crippen molar-refractivity contribution in [2.24, 2.45) is 0 Å². The molecular formula is C27H27BrClFN2O2. The Morgan fingerprint density at radius 2 is 1.65 bits per heavy atom. The lowest BCUT2D eigenvalue weighted by Crippen LogP contribution is -2.52. The largest absolute Gasteiger partial charge is 0.352 e. The molecule has 3 aromatic rings. The van der Waals surface area contributed by atoms with Gasteiger partial charge in [0.25, 0.3) is 0 Å². The van der Waals surface area contributed by atoms with Crippen molar-refractivity contribution in [1.29, 1.82) is 0 Å². The van der Waals surface area contributed by atoms with Crippen molar-refractivity contribution in [2.75, 3.05) is 0 Å². The van der Waals surface area contributed by atoms with Gasteiger partial charge >= 0.3 is 0 Å². The van der Waals surface area contributed by atoms with Crippen LogP contribution in [0.15, 0.2) is 77.3 Å². The first-order valence-corrected chi connectivity index (χ1v) is 12.2. The predicted octanol–water partition coefficient (Wildman–Crippen LogP) is 5.95. The van der Waals surface area contributed by atoms with Crippen LogP contribution in [0.2, 0.25) is 5.02 Å². The molecule has 3 rings (SSSR count). The first-order valence-electron chi connectivity index (χ1n) is 11.1. The Bertz CT molecular complexity index is 1100. The summed E-state index contributed by atoms with van der Waals surface area (Å²) < 4.78 is 15.4. The van der Waals surface area contributed by atoms with Crippen LogP contribution in [0, 0.1) is 5.82 Å². The Morgan fingerprint density at radius 1 is 0.971 bits per heavy atom. The molecule has 4 nitrogen and oxygen atoms in total. The fourth-order valence-electron chi connectivity index (χ4n) is 3.68. The minimum Gasteiger partial charge on any atom is -0.352 e. The molecule has 1 N–H and O–H groups in total. The second-order valence-corrected chi connectivity index (χ2v) is 9.72. The van der Waals surface area contributed by atoms with Gasteiger partial charge in [-0.15, -0.1) is 0 Å². The fraction of sp³-hybridized carbons (Fsp3) is 0.259. The Balaban J connectivity index is 2.00. The van der Waals surface area contributed by atoms with Gasteiger partial charge in [-0.3, -0.25) is 9.59 Å². The van der Waals surface area contributed by atoms with E-state index < -0.39 is 11.9 Å². The molecule has 3 aromatic carbocycles. The number of hydrogen-bond acceptors (Lipinski definition) is 2. The van der Waals surface area contributed by atoms with Crippen LogP contribution < -0.4 is 5.32 Å². The number of carbonyl (C=O) groups excluding carboxylic acids is 2. The second-order valence-electron chi connectivity index (χ2n) is 8.39. The lowest BCUT2D eigenvalue weighted by Gasteiger charge is -2.32. The maximum absolute atomic E-state index is 14.5. The van der Waals surface area contributed by atoms with Crippen molar-refractivity contribution in [3.8, 4) is 0 Å². The summed E-state index contributed by atoms with van der Waals surface area (Å²) in [6.07, 6.45) is 0.0783. The standard InChI is InChI=1S/C27H27BrClFN2O2/c1-18(2)31-27(34)25(15-19-7-4-3-5-8-19)32(17-20-11-13-21(28)14-12-20)26(33)16-22-23(29)9-6-10-24(22)30/h3-14,18,25H,15-17H2,1-2H3,(H,31,34).